The third-order valence-corrected chi connectivity index (χ3v) is 4.70. The van der Waals surface area contributed by atoms with Gasteiger partial charge in [-0.15, -0.1) is 0 Å². The number of carbonyl (C=O) groups is 1. The normalized spacial score (nSPS) is 18.2. The highest BCUT2D eigenvalue weighted by molar-refractivity contribution is 5.77. The van der Waals surface area contributed by atoms with Crippen LogP contribution in [0.3, 0.4) is 0 Å². The van der Waals surface area contributed by atoms with Gasteiger partial charge < -0.3 is 9.32 Å². The minimum atomic E-state index is -0.234. The lowest BCUT2D eigenvalue weighted by Gasteiger charge is -2.33. The summed E-state index contributed by atoms with van der Waals surface area (Å²) in [6.45, 7) is 7.68. The monoisotopic (exact) mass is 358 g/mol. The number of benzene rings is 1. The Hall–Kier alpha value is -2.17. The van der Waals surface area contributed by atoms with E-state index < -0.39 is 0 Å². The molecule has 26 heavy (non-hydrogen) atoms. The molecule has 0 unspecified atom stereocenters. The molecule has 1 aromatic carbocycles. The Morgan fingerprint density at radius 1 is 1.35 bits per heavy atom. The van der Waals surface area contributed by atoms with Crippen molar-refractivity contribution in [2.75, 3.05) is 13.1 Å². The maximum absolute atomic E-state index is 13.8. The predicted molar refractivity (Wildman–Crippen MR) is 98.3 cm³/mol. The lowest BCUT2D eigenvalue weighted by atomic mass is 9.90. The third-order valence-electron chi connectivity index (χ3n) is 4.70. The zero-order chi connectivity index (χ0) is 18.7. The van der Waals surface area contributed by atoms with Crippen LogP contribution in [0.25, 0.3) is 0 Å². The van der Waals surface area contributed by atoms with Gasteiger partial charge in [0.05, 0.1) is 12.1 Å². The molecule has 0 aliphatic carbocycles. The number of piperidine rings is 1. The molecule has 140 valence electrons. The van der Waals surface area contributed by atoms with Crippen LogP contribution in [0.15, 0.2) is 34.9 Å². The molecule has 1 aliphatic rings. The van der Waals surface area contributed by atoms with E-state index in [4.69, 9.17) is 4.42 Å². The van der Waals surface area contributed by atoms with Gasteiger partial charge >= 0.3 is 0 Å². The minimum Gasteiger partial charge on any atom is -0.445 e. The summed E-state index contributed by atoms with van der Waals surface area (Å²) in [5, 5.41) is 0. The highest BCUT2D eigenvalue weighted by atomic mass is 19.1. The highest BCUT2D eigenvalue weighted by Gasteiger charge is 2.29. The summed E-state index contributed by atoms with van der Waals surface area (Å²) in [5.41, 5.74) is 0.584. The maximum atomic E-state index is 13.8. The zero-order valence-electron chi connectivity index (χ0n) is 15.8. The molecule has 1 saturated heterocycles. The van der Waals surface area contributed by atoms with E-state index >= 15 is 0 Å². The van der Waals surface area contributed by atoms with Crippen LogP contribution in [-0.2, 0) is 11.2 Å². The van der Waals surface area contributed by atoms with Crippen molar-refractivity contribution in [1.29, 1.82) is 0 Å². The number of carbonyl (C=O) groups excluding carboxylic acids is 1. The van der Waals surface area contributed by atoms with E-state index in [0.717, 1.165) is 19.4 Å². The molecule has 0 saturated carbocycles. The van der Waals surface area contributed by atoms with E-state index in [-0.39, 0.29) is 23.1 Å². The Bertz CT molecular complexity index is 763. The quantitative estimate of drug-likeness (QED) is 0.806. The summed E-state index contributed by atoms with van der Waals surface area (Å²) in [5.74, 6) is 1.39. The number of aromatic nitrogens is 1. The first-order valence-corrected chi connectivity index (χ1v) is 9.27. The van der Waals surface area contributed by atoms with Crippen molar-refractivity contribution in [3.05, 3.63) is 53.5 Å². The van der Waals surface area contributed by atoms with Gasteiger partial charge in [0.25, 0.3) is 0 Å². The number of hydrogen-bond acceptors (Lipinski definition) is 3. The summed E-state index contributed by atoms with van der Waals surface area (Å²) in [4.78, 5) is 18.8. The topological polar surface area (TPSA) is 46.3 Å². The van der Waals surface area contributed by atoms with Gasteiger partial charge in [-0.2, -0.15) is 0 Å². The second-order valence-corrected chi connectivity index (χ2v) is 8.35. The molecule has 2 aromatic rings. The minimum absolute atomic E-state index is 0.0140. The summed E-state index contributed by atoms with van der Waals surface area (Å²) >= 11 is 0. The molecule has 0 spiro atoms. The smallest absolute Gasteiger partial charge is 0.223 e. The van der Waals surface area contributed by atoms with Gasteiger partial charge in [-0.25, -0.2) is 9.37 Å². The van der Waals surface area contributed by atoms with Crippen LogP contribution < -0.4 is 0 Å². The Kier molecular flexibility index (Phi) is 5.44. The standard InChI is InChI=1S/C21H27FN2O2/c1-21(2,3)12-19(25)24-10-6-8-16(14-24)20-23-13-17(26-20)11-15-7-4-5-9-18(15)22/h4-5,7,9,13,16H,6,8,10-12,14H2,1-3H3/t16-/m1/s1. The fourth-order valence-corrected chi connectivity index (χ4v) is 3.39. The predicted octanol–water partition coefficient (Wildman–Crippen LogP) is 4.55. The zero-order valence-corrected chi connectivity index (χ0v) is 15.8. The van der Waals surface area contributed by atoms with Crippen molar-refractivity contribution >= 4 is 5.91 Å². The maximum Gasteiger partial charge on any atom is 0.223 e. The highest BCUT2D eigenvalue weighted by Crippen LogP contribution is 2.29. The van der Waals surface area contributed by atoms with E-state index in [1.54, 1.807) is 18.3 Å². The molecule has 1 amide bonds. The van der Waals surface area contributed by atoms with Crippen molar-refractivity contribution < 1.29 is 13.6 Å². The van der Waals surface area contributed by atoms with Crippen molar-refractivity contribution in [3.63, 3.8) is 0 Å². The van der Waals surface area contributed by atoms with E-state index in [2.05, 4.69) is 25.8 Å². The van der Waals surface area contributed by atoms with E-state index in [1.807, 2.05) is 11.0 Å². The number of hydrogen-bond donors (Lipinski definition) is 0. The lowest BCUT2D eigenvalue weighted by Crippen LogP contribution is -2.40. The third kappa shape index (κ3) is 4.71. The number of likely N-dealkylation sites (tertiary alicyclic amines) is 1. The van der Waals surface area contributed by atoms with Gasteiger partial charge in [0, 0.05) is 25.9 Å². The van der Waals surface area contributed by atoms with Crippen LogP contribution >= 0.6 is 0 Å². The number of halogens is 1. The average Bonchev–Trinajstić information content (AvgIpc) is 3.04. The van der Waals surface area contributed by atoms with Crippen LogP contribution in [0, 0.1) is 11.2 Å². The van der Waals surface area contributed by atoms with Crippen LogP contribution in [0.2, 0.25) is 0 Å². The van der Waals surface area contributed by atoms with Gasteiger partial charge in [-0.3, -0.25) is 4.79 Å². The Balaban J connectivity index is 1.65. The Morgan fingerprint density at radius 2 is 2.12 bits per heavy atom. The van der Waals surface area contributed by atoms with Gasteiger partial charge in [0.1, 0.15) is 11.6 Å². The Labute approximate surface area is 154 Å². The fraction of sp³-hybridized carbons (Fsp3) is 0.524. The molecule has 0 bridgehead atoms. The molecular formula is C21H27FN2O2. The second kappa shape index (κ2) is 7.60. The molecule has 2 heterocycles. The van der Waals surface area contributed by atoms with E-state index in [0.29, 0.717) is 36.6 Å². The van der Waals surface area contributed by atoms with E-state index in [9.17, 15) is 9.18 Å². The SMILES string of the molecule is CC(C)(C)CC(=O)N1CCC[C@@H](c2ncc(Cc3ccccc3F)o2)C1. The molecule has 3 rings (SSSR count). The average molecular weight is 358 g/mol. The molecule has 1 aromatic heterocycles. The second-order valence-electron chi connectivity index (χ2n) is 8.35. The molecule has 1 aliphatic heterocycles. The summed E-state index contributed by atoms with van der Waals surface area (Å²) in [6, 6.07) is 6.70. The van der Waals surface area contributed by atoms with Gasteiger partial charge in [-0.1, -0.05) is 39.0 Å². The van der Waals surface area contributed by atoms with Gasteiger partial charge in [0.2, 0.25) is 5.91 Å². The first-order valence-electron chi connectivity index (χ1n) is 9.27. The fourth-order valence-electron chi connectivity index (χ4n) is 3.39. The largest absolute Gasteiger partial charge is 0.445 e. The van der Waals surface area contributed by atoms with Crippen molar-refractivity contribution in [1.82, 2.24) is 9.88 Å². The summed E-state index contributed by atoms with van der Waals surface area (Å²) < 4.78 is 19.7. The van der Waals surface area contributed by atoms with Crippen molar-refractivity contribution in [2.24, 2.45) is 5.41 Å². The molecule has 1 fully saturated rings. The number of rotatable bonds is 4. The van der Waals surface area contributed by atoms with Crippen LogP contribution in [0.1, 0.15) is 63.2 Å². The number of amides is 1. The van der Waals surface area contributed by atoms with E-state index in [1.165, 1.54) is 6.07 Å². The number of nitrogens with zero attached hydrogens (tertiary/aromatic N) is 2. The van der Waals surface area contributed by atoms with Gasteiger partial charge in [0.15, 0.2) is 5.89 Å². The molecule has 5 heteroatoms. The van der Waals surface area contributed by atoms with Crippen LogP contribution in [0.5, 0.6) is 0 Å². The molecule has 1 atom stereocenters. The van der Waals surface area contributed by atoms with Gasteiger partial charge in [-0.05, 0) is 29.9 Å². The Morgan fingerprint density at radius 3 is 2.85 bits per heavy atom. The summed E-state index contributed by atoms with van der Waals surface area (Å²) in [7, 11) is 0. The molecular weight excluding hydrogens is 331 g/mol. The van der Waals surface area contributed by atoms with Crippen molar-refractivity contribution in [2.45, 2.75) is 52.4 Å². The first kappa shape index (κ1) is 18.6. The molecule has 0 radical (unpaired) electrons. The first-order chi connectivity index (χ1) is 12.3. The molecule has 0 N–H and O–H groups in total. The number of oxazole rings is 1. The van der Waals surface area contributed by atoms with Crippen molar-refractivity contribution in [3.8, 4) is 0 Å². The molecule has 4 nitrogen and oxygen atoms in total. The van der Waals surface area contributed by atoms with Crippen LogP contribution in [0.4, 0.5) is 4.39 Å². The summed E-state index contributed by atoms with van der Waals surface area (Å²) in [6.07, 6.45) is 4.52. The lowest BCUT2D eigenvalue weighted by molar-refractivity contribution is -0.134. The van der Waals surface area contributed by atoms with Crippen LogP contribution in [-0.4, -0.2) is 28.9 Å².